The van der Waals surface area contributed by atoms with Crippen LogP contribution in [0.3, 0.4) is 0 Å². The number of hydrogen-bond acceptors (Lipinski definition) is 2. The van der Waals surface area contributed by atoms with Crippen molar-refractivity contribution in [1.29, 1.82) is 0 Å². The van der Waals surface area contributed by atoms with Crippen molar-refractivity contribution in [1.82, 2.24) is 0 Å². The van der Waals surface area contributed by atoms with E-state index in [2.05, 4.69) is 34.2 Å². The molecule has 98 valence electrons. The Morgan fingerprint density at radius 2 is 1.44 bits per heavy atom. The van der Waals surface area contributed by atoms with Crippen LogP contribution in [0, 0.1) is 0 Å². The Hall–Kier alpha value is 0.567. The van der Waals surface area contributed by atoms with E-state index in [1.54, 1.807) is 0 Å². The third-order valence-electron chi connectivity index (χ3n) is 2.90. The van der Waals surface area contributed by atoms with Crippen LogP contribution in [0.2, 0.25) is 12.6 Å². The van der Waals surface area contributed by atoms with Crippen LogP contribution in [-0.4, -0.2) is 40.3 Å². The van der Waals surface area contributed by atoms with E-state index < -0.39 is 8.56 Å². The van der Waals surface area contributed by atoms with E-state index in [0.29, 0.717) is 0 Å². The maximum absolute atomic E-state index is 5.84. The minimum atomic E-state index is -1.83. The molecule has 0 amide bonds. The van der Waals surface area contributed by atoms with Gasteiger partial charge in [-0.3, -0.25) is 0 Å². The van der Waals surface area contributed by atoms with Crippen molar-refractivity contribution in [2.75, 3.05) is 31.7 Å². The summed E-state index contributed by atoms with van der Waals surface area (Å²) in [4.78, 5) is 0. The fourth-order valence-corrected chi connectivity index (χ4v) is 6.36. The highest BCUT2D eigenvalue weighted by Gasteiger charge is 2.29. The van der Waals surface area contributed by atoms with Crippen molar-refractivity contribution in [3.8, 4) is 0 Å². The Morgan fingerprint density at radius 3 is 1.81 bits per heavy atom. The highest BCUT2D eigenvalue weighted by Crippen LogP contribution is 2.36. The molecular formula is C12H29O2PSi. The Labute approximate surface area is 104 Å². The lowest BCUT2D eigenvalue weighted by molar-refractivity contribution is 0.189. The second-order valence-corrected chi connectivity index (χ2v) is 10.5. The summed E-state index contributed by atoms with van der Waals surface area (Å²) in [5.74, 6) is 0. The molecule has 0 aliphatic rings. The molecule has 0 heterocycles. The molecule has 0 aromatic heterocycles. The molecule has 0 aromatic carbocycles. The molecule has 2 nitrogen and oxygen atoms in total. The van der Waals surface area contributed by atoms with Gasteiger partial charge in [0.25, 0.3) is 0 Å². The van der Waals surface area contributed by atoms with Gasteiger partial charge in [0.15, 0.2) is 0 Å². The van der Waals surface area contributed by atoms with Gasteiger partial charge in [0, 0.05) is 13.2 Å². The van der Waals surface area contributed by atoms with Gasteiger partial charge in [-0.15, -0.1) is 7.92 Å². The highest BCUT2D eigenvalue weighted by atomic mass is 31.1. The van der Waals surface area contributed by atoms with Gasteiger partial charge in [-0.2, -0.15) is 0 Å². The largest absolute Gasteiger partial charge is 0.395 e. The summed E-state index contributed by atoms with van der Waals surface area (Å²) in [6.07, 6.45) is 5.42. The summed E-state index contributed by atoms with van der Waals surface area (Å²) in [7, 11) is -1.55. The zero-order chi connectivity index (χ0) is 12.4. The molecule has 0 unspecified atom stereocenters. The van der Waals surface area contributed by atoms with Crippen LogP contribution < -0.4 is 0 Å². The molecule has 0 atom stereocenters. The minimum absolute atomic E-state index is 0.283. The zero-order valence-electron chi connectivity index (χ0n) is 11.7. The molecular weight excluding hydrogens is 235 g/mol. The Kier molecular flexibility index (Phi) is 9.92. The van der Waals surface area contributed by atoms with Crippen LogP contribution in [0.15, 0.2) is 0 Å². The molecule has 0 N–H and O–H groups in total. The van der Waals surface area contributed by atoms with E-state index >= 15 is 0 Å². The van der Waals surface area contributed by atoms with Gasteiger partial charge in [-0.1, -0.05) is 13.8 Å². The maximum Gasteiger partial charge on any atom is 0.334 e. The molecule has 0 saturated carbocycles. The second-order valence-electron chi connectivity index (χ2n) is 4.13. The topological polar surface area (TPSA) is 18.5 Å². The second kappa shape index (κ2) is 9.58. The van der Waals surface area contributed by atoms with Crippen LogP contribution in [0.1, 0.15) is 34.1 Å². The molecule has 0 fully saturated rings. The first-order valence-corrected chi connectivity index (χ1v) is 11.0. The van der Waals surface area contributed by atoms with Crippen molar-refractivity contribution in [3.05, 3.63) is 0 Å². The first-order valence-electron chi connectivity index (χ1n) is 6.62. The lowest BCUT2D eigenvalue weighted by atomic mass is 10.6. The maximum atomic E-state index is 5.84. The number of hydrogen-bond donors (Lipinski definition) is 0. The molecule has 0 rings (SSSR count). The predicted molar refractivity (Wildman–Crippen MR) is 77.2 cm³/mol. The molecule has 0 aliphatic heterocycles. The SMILES string of the molecule is CCO[Si](C)(CCCP(CC)CC)OCC. The standard InChI is InChI=1S/C12H29O2PSi/c1-6-13-16(5,14-7-2)12-10-11-15(8-3)9-4/h6-12H2,1-5H3. The molecule has 0 saturated heterocycles. The summed E-state index contributed by atoms with van der Waals surface area (Å²) >= 11 is 0. The van der Waals surface area contributed by atoms with Gasteiger partial charge in [0.1, 0.15) is 0 Å². The predicted octanol–water partition coefficient (Wildman–Crippen LogP) is 4.04. The van der Waals surface area contributed by atoms with E-state index in [1.807, 2.05) is 0 Å². The van der Waals surface area contributed by atoms with Gasteiger partial charge in [-0.25, -0.2) is 0 Å². The first kappa shape index (κ1) is 16.6. The molecule has 16 heavy (non-hydrogen) atoms. The highest BCUT2D eigenvalue weighted by molar-refractivity contribution is 7.57. The fourth-order valence-electron chi connectivity index (χ4n) is 1.96. The first-order chi connectivity index (χ1) is 7.61. The summed E-state index contributed by atoms with van der Waals surface area (Å²) < 4.78 is 11.7. The van der Waals surface area contributed by atoms with E-state index in [9.17, 15) is 0 Å². The fraction of sp³-hybridized carbons (Fsp3) is 1.00. The summed E-state index contributed by atoms with van der Waals surface area (Å²) in [5.41, 5.74) is 0. The van der Waals surface area contributed by atoms with E-state index in [-0.39, 0.29) is 7.92 Å². The summed E-state index contributed by atoms with van der Waals surface area (Å²) in [5, 5.41) is 0. The van der Waals surface area contributed by atoms with E-state index in [1.165, 1.54) is 24.9 Å². The van der Waals surface area contributed by atoms with Gasteiger partial charge in [0.05, 0.1) is 0 Å². The lowest BCUT2D eigenvalue weighted by Crippen LogP contribution is -2.38. The Morgan fingerprint density at radius 1 is 0.938 bits per heavy atom. The third kappa shape index (κ3) is 7.00. The van der Waals surface area contributed by atoms with Crippen molar-refractivity contribution >= 4 is 16.5 Å². The summed E-state index contributed by atoms with van der Waals surface area (Å²) in [6.45, 7) is 12.6. The van der Waals surface area contributed by atoms with E-state index in [4.69, 9.17) is 8.85 Å². The average Bonchev–Trinajstić information content (AvgIpc) is 2.25. The number of rotatable bonds is 10. The third-order valence-corrected chi connectivity index (χ3v) is 8.70. The van der Waals surface area contributed by atoms with Crippen molar-refractivity contribution in [2.45, 2.75) is 46.7 Å². The molecule has 0 spiro atoms. The van der Waals surface area contributed by atoms with Crippen LogP contribution >= 0.6 is 7.92 Å². The normalized spacial score (nSPS) is 12.4. The van der Waals surface area contributed by atoms with Gasteiger partial charge >= 0.3 is 8.56 Å². The van der Waals surface area contributed by atoms with Crippen molar-refractivity contribution in [2.24, 2.45) is 0 Å². The molecule has 0 bridgehead atoms. The average molecular weight is 264 g/mol. The van der Waals surface area contributed by atoms with Crippen LogP contribution in [0.25, 0.3) is 0 Å². The zero-order valence-corrected chi connectivity index (χ0v) is 13.6. The van der Waals surface area contributed by atoms with Gasteiger partial charge in [-0.05, 0) is 51.3 Å². The minimum Gasteiger partial charge on any atom is -0.395 e. The molecule has 0 aliphatic carbocycles. The Balaban J connectivity index is 3.91. The summed E-state index contributed by atoms with van der Waals surface area (Å²) in [6, 6.07) is 1.16. The van der Waals surface area contributed by atoms with Crippen molar-refractivity contribution in [3.63, 3.8) is 0 Å². The molecule has 4 heteroatoms. The van der Waals surface area contributed by atoms with Crippen LogP contribution in [-0.2, 0) is 8.85 Å². The monoisotopic (exact) mass is 264 g/mol. The Bertz CT molecular complexity index is 157. The van der Waals surface area contributed by atoms with Crippen LogP contribution in [0.5, 0.6) is 0 Å². The van der Waals surface area contributed by atoms with Gasteiger partial charge in [0.2, 0.25) is 0 Å². The molecule has 0 radical (unpaired) electrons. The van der Waals surface area contributed by atoms with Gasteiger partial charge < -0.3 is 8.85 Å². The van der Waals surface area contributed by atoms with E-state index in [0.717, 1.165) is 19.3 Å². The lowest BCUT2D eigenvalue weighted by Gasteiger charge is -2.26. The smallest absolute Gasteiger partial charge is 0.334 e. The van der Waals surface area contributed by atoms with Crippen LogP contribution in [0.4, 0.5) is 0 Å². The van der Waals surface area contributed by atoms with Crippen molar-refractivity contribution < 1.29 is 8.85 Å². The quantitative estimate of drug-likeness (QED) is 0.438. The molecule has 0 aromatic rings.